The van der Waals surface area contributed by atoms with Crippen LogP contribution in [0.5, 0.6) is 0 Å². The highest BCUT2D eigenvalue weighted by Gasteiger charge is 2.72. The van der Waals surface area contributed by atoms with E-state index in [0.29, 0.717) is 28.2 Å². The van der Waals surface area contributed by atoms with E-state index in [4.69, 9.17) is 11.6 Å². The van der Waals surface area contributed by atoms with Gasteiger partial charge in [0.15, 0.2) is 5.78 Å². The Labute approximate surface area is 220 Å². The molecule has 0 radical (unpaired) electrons. The Morgan fingerprint density at radius 3 is 2.73 bits per heavy atom. The standard InChI is InChI=1S/C30H29ClFN3O2/c1-34-13-5-10-24(34)28(36)26-25(17-7-4-8-20(32)14-17)27-21-9-3-2-6-18(21)16-35(27)30(26)22-15-19(31)11-12-23(22)33-29(30)37/h4-5,7-8,10-15,18,21,25-27H,2-3,6,9,16H2,1H3,(H,33,37). The first-order valence-electron chi connectivity index (χ1n) is 13.2. The number of aryl methyl sites for hydroxylation is 1. The highest BCUT2D eigenvalue weighted by molar-refractivity contribution is 6.31. The van der Waals surface area contributed by atoms with Crippen molar-refractivity contribution in [1.29, 1.82) is 0 Å². The van der Waals surface area contributed by atoms with Crippen molar-refractivity contribution < 1.29 is 14.0 Å². The van der Waals surface area contributed by atoms with Gasteiger partial charge < -0.3 is 9.88 Å². The summed E-state index contributed by atoms with van der Waals surface area (Å²) in [6.07, 6.45) is 6.34. The van der Waals surface area contributed by atoms with Gasteiger partial charge in [-0.1, -0.05) is 36.6 Å². The van der Waals surface area contributed by atoms with Crippen molar-refractivity contribution in [2.45, 2.75) is 43.2 Å². The number of benzene rings is 2. The molecule has 0 bridgehead atoms. The molecule has 7 heteroatoms. The van der Waals surface area contributed by atoms with Gasteiger partial charge >= 0.3 is 0 Å². The molecule has 4 aliphatic rings. The number of amides is 1. The van der Waals surface area contributed by atoms with Gasteiger partial charge in [-0.15, -0.1) is 0 Å². The van der Waals surface area contributed by atoms with E-state index in [1.165, 1.54) is 12.5 Å². The van der Waals surface area contributed by atoms with E-state index in [1.807, 2.05) is 48.1 Å². The zero-order chi connectivity index (χ0) is 25.5. The summed E-state index contributed by atoms with van der Waals surface area (Å²) < 4.78 is 16.5. The number of aromatic nitrogens is 1. The van der Waals surface area contributed by atoms with Crippen molar-refractivity contribution in [2.75, 3.05) is 11.9 Å². The van der Waals surface area contributed by atoms with Gasteiger partial charge in [0.25, 0.3) is 0 Å². The molecule has 6 atom stereocenters. The molecule has 1 saturated carbocycles. The number of hydrogen-bond donors (Lipinski definition) is 1. The summed E-state index contributed by atoms with van der Waals surface area (Å²) in [6.45, 7) is 0.747. The summed E-state index contributed by atoms with van der Waals surface area (Å²) in [6, 6.07) is 15.7. The molecular formula is C30H29ClFN3O2. The lowest BCUT2D eigenvalue weighted by atomic mass is 9.66. The van der Waals surface area contributed by atoms with Crippen LogP contribution in [0.3, 0.4) is 0 Å². The second-order valence-corrected chi connectivity index (χ2v) is 11.6. The quantitative estimate of drug-likeness (QED) is 0.450. The number of nitrogens with zero attached hydrogens (tertiary/aromatic N) is 2. The maximum atomic E-state index is 14.7. The van der Waals surface area contributed by atoms with Crippen LogP contribution in [0.25, 0.3) is 0 Å². The Morgan fingerprint density at radius 1 is 1.11 bits per heavy atom. The van der Waals surface area contributed by atoms with Gasteiger partial charge in [-0.2, -0.15) is 0 Å². The van der Waals surface area contributed by atoms with Gasteiger partial charge in [0, 0.05) is 48.0 Å². The topological polar surface area (TPSA) is 54.3 Å². The Morgan fingerprint density at radius 2 is 1.95 bits per heavy atom. The molecule has 37 heavy (non-hydrogen) atoms. The number of hydrogen-bond acceptors (Lipinski definition) is 3. The lowest BCUT2D eigenvalue weighted by Crippen LogP contribution is -2.53. The van der Waals surface area contributed by atoms with E-state index in [0.717, 1.165) is 36.9 Å². The fourth-order valence-corrected chi connectivity index (χ4v) is 8.37. The molecule has 3 aliphatic heterocycles. The number of Topliss-reactive ketones (excluding diaryl/α,β-unsaturated/α-hetero) is 1. The average molecular weight is 518 g/mol. The molecule has 3 aromatic rings. The van der Waals surface area contributed by atoms with Gasteiger partial charge in [-0.25, -0.2) is 4.39 Å². The van der Waals surface area contributed by atoms with Crippen LogP contribution < -0.4 is 5.32 Å². The highest BCUT2D eigenvalue weighted by atomic mass is 35.5. The number of ketones is 1. The van der Waals surface area contributed by atoms with Crippen LogP contribution in [0.4, 0.5) is 10.1 Å². The molecule has 2 aromatic carbocycles. The molecule has 2 saturated heterocycles. The van der Waals surface area contributed by atoms with E-state index in [-0.39, 0.29) is 29.5 Å². The molecule has 1 aromatic heterocycles. The number of carbonyl (C=O) groups is 2. The lowest BCUT2D eigenvalue weighted by molar-refractivity contribution is -0.128. The number of nitrogens with one attached hydrogen (secondary N) is 1. The first-order chi connectivity index (χ1) is 17.9. The minimum atomic E-state index is -1.21. The van der Waals surface area contributed by atoms with Crippen molar-refractivity contribution in [3.63, 3.8) is 0 Å². The van der Waals surface area contributed by atoms with Crippen LogP contribution in [0.15, 0.2) is 60.8 Å². The summed E-state index contributed by atoms with van der Waals surface area (Å²) in [7, 11) is 1.85. The average Bonchev–Trinajstić information content (AvgIpc) is 3.61. The van der Waals surface area contributed by atoms with Gasteiger partial charge in [0.2, 0.25) is 5.91 Å². The minimum absolute atomic E-state index is 0.0444. The fraction of sp³-hybridized carbons (Fsp3) is 0.400. The van der Waals surface area contributed by atoms with Crippen LogP contribution in [-0.2, 0) is 17.4 Å². The molecule has 6 unspecified atom stereocenters. The number of fused-ring (bicyclic) bond motifs is 6. The third kappa shape index (κ3) is 3.12. The van der Waals surface area contributed by atoms with Crippen LogP contribution in [0, 0.1) is 23.6 Å². The van der Waals surface area contributed by atoms with Gasteiger partial charge in [-0.3, -0.25) is 14.5 Å². The predicted molar refractivity (Wildman–Crippen MR) is 140 cm³/mol. The number of carbonyl (C=O) groups excluding carboxylic acids is 2. The molecule has 4 heterocycles. The first-order valence-corrected chi connectivity index (χ1v) is 13.6. The third-order valence-electron chi connectivity index (χ3n) is 9.53. The van der Waals surface area contributed by atoms with E-state index in [9.17, 15) is 14.0 Å². The third-order valence-corrected chi connectivity index (χ3v) is 9.76. The second kappa shape index (κ2) is 8.27. The van der Waals surface area contributed by atoms with Crippen LogP contribution in [0.1, 0.15) is 53.2 Å². The predicted octanol–water partition coefficient (Wildman–Crippen LogP) is 5.75. The maximum Gasteiger partial charge on any atom is 0.250 e. The summed E-state index contributed by atoms with van der Waals surface area (Å²) in [5.41, 5.74) is 1.60. The molecule has 1 aliphatic carbocycles. The SMILES string of the molecule is Cn1cccc1C(=O)C1C(c2cccc(F)c2)C2C3CCCCC3CN2C12C(=O)Nc1ccc(Cl)cc12. The van der Waals surface area contributed by atoms with Crippen LogP contribution in [-0.4, -0.2) is 33.7 Å². The lowest BCUT2D eigenvalue weighted by Gasteiger charge is -2.37. The zero-order valence-electron chi connectivity index (χ0n) is 20.7. The second-order valence-electron chi connectivity index (χ2n) is 11.2. The smallest absolute Gasteiger partial charge is 0.250 e. The highest BCUT2D eigenvalue weighted by Crippen LogP contribution is 2.64. The molecule has 1 N–H and O–H groups in total. The summed E-state index contributed by atoms with van der Waals surface area (Å²) >= 11 is 6.53. The van der Waals surface area contributed by atoms with Crippen LogP contribution >= 0.6 is 11.6 Å². The van der Waals surface area contributed by atoms with Crippen LogP contribution in [0.2, 0.25) is 5.02 Å². The Bertz CT molecular complexity index is 1440. The molecule has 7 rings (SSSR count). The monoisotopic (exact) mass is 517 g/mol. The summed E-state index contributed by atoms with van der Waals surface area (Å²) in [5.74, 6) is -0.855. The largest absolute Gasteiger partial charge is 0.348 e. The molecule has 190 valence electrons. The van der Waals surface area contributed by atoms with Crippen molar-refractivity contribution in [3.8, 4) is 0 Å². The molecule has 1 amide bonds. The van der Waals surface area contributed by atoms with E-state index in [1.54, 1.807) is 18.2 Å². The molecule has 1 spiro atoms. The van der Waals surface area contributed by atoms with E-state index >= 15 is 0 Å². The molecular weight excluding hydrogens is 489 g/mol. The molecule has 3 fully saturated rings. The number of halogens is 2. The molecule has 5 nitrogen and oxygen atoms in total. The van der Waals surface area contributed by atoms with Crippen molar-refractivity contribution in [2.24, 2.45) is 24.8 Å². The Kier molecular flexibility index (Phi) is 5.18. The van der Waals surface area contributed by atoms with Crippen molar-refractivity contribution in [1.82, 2.24) is 9.47 Å². The summed E-state index contributed by atoms with van der Waals surface area (Å²) in [5, 5.41) is 3.64. The summed E-state index contributed by atoms with van der Waals surface area (Å²) in [4.78, 5) is 31.3. The van der Waals surface area contributed by atoms with E-state index in [2.05, 4.69) is 10.2 Å². The fourth-order valence-electron chi connectivity index (χ4n) is 8.20. The van der Waals surface area contributed by atoms with Crippen molar-refractivity contribution >= 4 is 29.0 Å². The van der Waals surface area contributed by atoms with Gasteiger partial charge in [-0.05, 0) is 72.7 Å². The van der Waals surface area contributed by atoms with Crippen molar-refractivity contribution in [3.05, 3.63) is 88.5 Å². The first kappa shape index (κ1) is 23.2. The Hall–Kier alpha value is -2.96. The maximum absolute atomic E-state index is 14.7. The number of rotatable bonds is 3. The van der Waals surface area contributed by atoms with Gasteiger partial charge in [0.1, 0.15) is 11.4 Å². The van der Waals surface area contributed by atoms with Gasteiger partial charge in [0.05, 0.1) is 11.6 Å². The van der Waals surface area contributed by atoms with E-state index < -0.39 is 11.5 Å². The Balaban J connectivity index is 1.53. The minimum Gasteiger partial charge on any atom is -0.348 e. The number of anilines is 1. The zero-order valence-corrected chi connectivity index (χ0v) is 21.4. The normalized spacial score (nSPS) is 32.3.